The highest BCUT2D eigenvalue weighted by Crippen LogP contribution is 2.12. The molecule has 2 saturated heterocycles. The second-order valence-electron chi connectivity index (χ2n) is 4.97. The van der Waals surface area contributed by atoms with Crippen molar-refractivity contribution in [1.82, 2.24) is 10.6 Å². The summed E-state index contributed by atoms with van der Waals surface area (Å²) in [6.07, 6.45) is -5.30. The summed E-state index contributed by atoms with van der Waals surface area (Å²) in [5.74, 6) is 0. The molecule has 0 aromatic rings. The normalized spacial score (nSPS) is 41.2. The van der Waals surface area contributed by atoms with Crippen LogP contribution in [0.5, 0.6) is 0 Å². The highest BCUT2D eigenvalue weighted by molar-refractivity contribution is 4.77. The van der Waals surface area contributed by atoms with Crippen LogP contribution in [0, 0.1) is 0 Å². The number of halogens is 2. The third-order valence-corrected chi connectivity index (χ3v) is 3.30. The monoisotopic (exact) mass is 296 g/mol. The fraction of sp³-hybridized carbons (Fsp3) is 1.00. The minimum Gasteiger partial charge on any atom is -0.389 e. The molecule has 0 bridgehead atoms. The van der Waals surface area contributed by atoms with Gasteiger partial charge in [-0.25, -0.2) is 8.78 Å². The van der Waals surface area contributed by atoms with Crippen LogP contribution < -0.4 is 10.6 Å². The number of ether oxygens (including phenoxy) is 3. The van der Waals surface area contributed by atoms with E-state index in [2.05, 4.69) is 10.6 Å². The zero-order valence-corrected chi connectivity index (χ0v) is 11.3. The van der Waals surface area contributed by atoms with Gasteiger partial charge in [0.05, 0.1) is 25.9 Å². The van der Waals surface area contributed by atoms with Crippen LogP contribution in [0.1, 0.15) is 0 Å². The molecule has 0 aromatic heterocycles. The van der Waals surface area contributed by atoms with E-state index in [1.807, 2.05) is 0 Å². The van der Waals surface area contributed by atoms with Gasteiger partial charge >= 0.3 is 0 Å². The summed E-state index contributed by atoms with van der Waals surface area (Å²) < 4.78 is 43.3. The van der Waals surface area contributed by atoms with Crippen LogP contribution in [0.25, 0.3) is 0 Å². The zero-order chi connectivity index (χ0) is 14.4. The van der Waals surface area contributed by atoms with Crippen LogP contribution in [-0.2, 0) is 14.2 Å². The van der Waals surface area contributed by atoms with Gasteiger partial charge in [0.2, 0.25) is 0 Å². The number of hydrogen-bond acceptors (Lipinski definition) is 6. The molecule has 0 radical (unpaired) electrons. The van der Waals surface area contributed by atoms with Crippen LogP contribution in [0.15, 0.2) is 0 Å². The summed E-state index contributed by atoms with van der Waals surface area (Å²) in [6.45, 7) is 1.55. The van der Waals surface area contributed by atoms with Crippen molar-refractivity contribution in [2.75, 3.05) is 46.0 Å². The van der Waals surface area contributed by atoms with Gasteiger partial charge in [-0.2, -0.15) is 0 Å². The molecule has 118 valence electrons. The Kier molecular flexibility index (Phi) is 6.53. The average Bonchev–Trinajstić information content (AvgIpc) is 2.41. The van der Waals surface area contributed by atoms with Gasteiger partial charge in [0.15, 0.2) is 12.5 Å². The van der Waals surface area contributed by atoms with Gasteiger partial charge in [-0.3, -0.25) is 0 Å². The maximum atomic E-state index is 13.9. The largest absolute Gasteiger partial charge is 0.389 e. The second-order valence-corrected chi connectivity index (χ2v) is 4.97. The molecule has 2 heterocycles. The van der Waals surface area contributed by atoms with Gasteiger partial charge < -0.3 is 30.0 Å². The van der Waals surface area contributed by atoms with Gasteiger partial charge in [-0.05, 0) is 0 Å². The lowest BCUT2D eigenvalue weighted by molar-refractivity contribution is -0.208. The Labute approximate surface area is 116 Å². The molecule has 2 rings (SSSR count). The molecule has 8 heteroatoms. The summed E-state index contributed by atoms with van der Waals surface area (Å²) in [6, 6.07) is 0. The molecule has 0 amide bonds. The minimum absolute atomic E-state index is 0.117. The minimum atomic E-state index is -1.48. The number of rotatable bonds is 2. The van der Waals surface area contributed by atoms with Crippen molar-refractivity contribution in [3.8, 4) is 0 Å². The summed E-state index contributed by atoms with van der Waals surface area (Å²) in [5.41, 5.74) is 0. The van der Waals surface area contributed by atoms with Crippen molar-refractivity contribution in [2.24, 2.45) is 0 Å². The van der Waals surface area contributed by atoms with Crippen molar-refractivity contribution >= 4 is 0 Å². The second kappa shape index (κ2) is 8.16. The van der Waals surface area contributed by atoms with E-state index in [0.29, 0.717) is 13.2 Å². The van der Waals surface area contributed by atoms with Crippen LogP contribution in [0.2, 0.25) is 0 Å². The average molecular weight is 296 g/mol. The number of hydrogen-bond donors (Lipinski definition) is 3. The maximum absolute atomic E-state index is 13.9. The van der Waals surface area contributed by atoms with E-state index in [9.17, 15) is 13.9 Å². The predicted molar refractivity (Wildman–Crippen MR) is 67.0 cm³/mol. The van der Waals surface area contributed by atoms with E-state index in [1.165, 1.54) is 0 Å². The molecular formula is C12H22F2N2O4. The van der Waals surface area contributed by atoms with Crippen molar-refractivity contribution in [3.05, 3.63) is 0 Å². The van der Waals surface area contributed by atoms with Gasteiger partial charge in [0, 0.05) is 26.2 Å². The molecule has 1 unspecified atom stereocenters. The molecule has 0 aromatic carbocycles. The lowest BCUT2D eigenvalue weighted by Gasteiger charge is -2.31. The Morgan fingerprint density at radius 2 is 1.90 bits per heavy atom. The molecular weight excluding hydrogens is 274 g/mol. The molecule has 5 atom stereocenters. The molecule has 3 N–H and O–H groups in total. The lowest BCUT2D eigenvalue weighted by atomic mass is 10.2. The highest BCUT2D eigenvalue weighted by atomic mass is 19.1. The topological polar surface area (TPSA) is 72.0 Å². The number of nitrogens with one attached hydrogen (secondary N) is 2. The molecule has 6 nitrogen and oxygen atoms in total. The van der Waals surface area contributed by atoms with Crippen molar-refractivity contribution in [1.29, 1.82) is 0 Å². The van der Waals surface area contributed by atoms with Gasteiger partial charge in [0.1, 0.15) is 12.3 Å². The first-order valence-electron chi connectivity index (χ1n) is 6.89. The third kappa shape index (κ3) is 4.87. The number of alkyl halides is 2. The van der Waals surface area contributed by atoms with E-state index in [1.54, 1.807) is 0 Å². The van der Waals surface area contributed by atoms with Crippen LogP contribution in [0.4, 0.5) is 8.78 Å². The molecule has 2 aliphatic rings. The fourth-order valence-corrected chi connectivity index (χ4v) is 2.07. The Hall–Kier alpha value is -0.380. The van der Waals surface area contributed by atoms with Crippen molar-refractivity contribution < 1.29 is 28.1 Å². The lowest BCUT2D eigenvalue weighted by Crippen LogP contribution is -2.49. The standard InChI is InChI=1S/C12H22F2N2O4/c13-8-3-15-1-2-18-7-11(8)20-12-5-16-4-10(17)9(14)6-19-12/h8-12,15-17H,1-7H2/t8-,9-,10-,11-,12?/m0/s1. The number of aliphatic hydroxyl groups excluding tert-OH is 1. The fourth-order valence-electron chi connectivity index (χ4n) is 2.07. The molecule has 0 spiro atoms. The Balaban J connectivity index is 1.83. The first-order valence-corrected chi connectivity index (χ1v) is 6.89. The van der Waals surface area contributed by atoms with E-state index in [4.69, 9.17) is 14.2 Å². The third-order valence-electron chi connectivity index (χ3n) is 3.30. The maximum Gasteiger partial charge on any atom is 0.170 e. The van der Waals surface area contributed by atoms with Gasteiger partial charge in [-0.1, -0.05) is 0 Å². The highest BCUT2D eigenvalue weighted by Gasteiger charge is 2.30. The summed E-state index contributed by atoms with van der Waals surface area (Å²) in [4.78, 5) is 0. The Morgan fingerprint density at radius 3 is 2.75 bits per heavy atom. The first kappa shape index (κ1) is 16.0. The molecule has 2 aliphatic heterocycles. The SMILES string of the molecule is O[C@H]1CNCC(O[C@H]2COCCNC[C@@H]2F)OC[C@@H]1F. The molecule has 2 fully saturated rings. The summed E-state index contributed by atoms with van der Waals surface area (Å²) in [5, 5.41) is 15.1. The first-order chi connectivity index (χ1) is 9.66. The quantitative estimate of drug-likeness (QED) is 0.605. The number of β-amino-alcohol motifs (C(OH)–C–C–N with tert-alkyl or cyclic N) is 1. The predicted octanol–water partition coefficient (Wildman–Crippen LogP) is -1.03. The van der Waals surface area contributed by atoms with Gasteiger partial charge in [0.25, 0.3) is 0 Å². The Morgan fingerprint density at radius 1 is 1.05 bits per heavy atom. The number of aliphatic hydroxyl groups is 1. The van der Waals surface area contributed by atoms with E-state index in [-0.39, 0.29) is 32.8 Å². The van der Waals surface area contributed by atoms with Crippen LogP contribution >= 0.6 is 0 Å². The molecule has 20 heavy (non-hydrogen) atoms. The van der Waals surface area contributed by atoms with Crippen LogP contribution in [0.3, 0.4) is 0 Å². The van der Waals surface area contributed by atoms with Crippen molar-refractivity contribution in [3.63, 3.8) is 0 Å². The molecule has 0 aliphatic carbocycles. The van der Waals surface area contributed by atoms with E-state index >= 15 is 0 Å². The zero-order valence-electron chi connectivity index (χ0n) is 11.3. The molecule has 0 saturated carbocycles. The summed E-state index contributed by atoms with van der Waals surface area (Å²) in [7, 11) is 0. The van der Waals surface area contributed by atoms with Crippen LogP contribution in [-0.4, -0.2) is 81.9 Å². The Bertz CT molecular complexity index is 288. The van der Waals surface area contributed by atoms with Crippen molar-refractivity contribution in [2.45, 2.75) is 30.8 Å². The van der Waals surface area contributed by atoms with E-state index in [0.717, 1.165) is 0 Å². The summed E-state index contributed by atoms with van der Waals surface area (Å²) >= 11 is 0. The smallest absolute Gasteiger partial charge is 0.170 e. The van der Waals surface area contributed by atoms with E-state index < -0.39 is 30.8 Å². The van der Waals surface area contributed by atoms with Gasteiger partial charge in [-0.15, -0.1) is 0 Å².